The Morgan fingerprint density at radius 3 is 2.47 bits per heavy atom. The van der Waals surface area contributed by atoms with E-state index in [-0.39, 0.29) is 11.6 Å². The Morgan fingerprint density at radius 1 is 1.09 bits per heavy atom. The normalized spacial score (nSPS) is 15.5. The molecule has 1 aliphatic rings. The average molecular weight is 493 g/mol. The van der Waals surface area contributed by atoms with Crippen LogP contribution in [0.3, 0.4) is 0 Å². The summed E-state index contributed by atoms with van der Waals surface area (Å²) >= 11 is 7.41. The molecular formula is C25H21ClN4O3S. The topological polar surface area (TPSA) is 83.0 Å². The summed E-state index contributed by atoms with van der Waals surface area (Å²) in [6.45, 7) is 2.06. The third kappa shape index (κ3) is 5.59. The predicted molar refractivity (Wildman–Crippen MR) is 136 cm³/mol. The lowest BCUT2D eigenvalue weighted by atomic mass is 10.2. The van der Waals surface area contributed by atoms with Crippen LogP contribution in [0.15, 0.2) is 100.0 Å². The monoisotopic (exact) mass is 492 g/mol. The van der Waals surface area contributed by atoms with Gasteiger partial charge >= 0.3 is 5.97 Å². The highest BCUT2D eigenvalue weighted by Crippen LogP contribution is 2.26. The van der Waals surface area contributed by atoms with Crippen molar-refractivity contribution in [2.75, 3.05) is 17.0 Å². The molecule has 4 rings (SSSR count). The van der Waals surface area contributed by atoms with E-state index in [2.05, 4.69) is 16.0 Å². The van der Waals surface area contributed by atoms with Gasteiger partial charge in [0.15, 0.2) is 5.71 Å². The van der Waals surface area contributed by atoms with Crippen LogP contribution in [0.1, 0.15) is 17.3 Å². The van der Waals surface area contributed by atoms with Gasteiger partial charge in [-0.3, -0.25) is 15.6 Å². The largest absolute Gasteiger partial charge is 0.462 e. The summed E-state index contributed by atoms with van der Waals surface area (Å²) < 4.78 is 5.00. The molecule has 1 fully saturated rings. The van der Waals surface area contributed by atoms with Gasteiger partial charge in [-0.2, -0.15) is 5.10 Å². The van der Waals surface area contributed by atoms with Crippen molar-refractivity contribution in [1.29, 1.82) is 0 Å². The molecule has 0 atom stereocenters. The summed E-state index contributed by atoms with van der Waals surface area (Å²) in [4.78, 5) is 26.0. The first-order valence-electron chi connectivity index (χ1n) is 10.4. The standard InChI is InChI=1S/C25H21ClN4O3S/c1-2-33-25(32)17-8-12-19(13-9-17)27-28-23-22(16-34-21-14-10-18(26)11-15-21)29-30(24(23)31)20-6-4-3-5-7-20/h3-16,27,29H,2H2,1H3/b22-16-,28-23?. The summed E-state index contributed by atoms with van der Waals surface area (Å²) in [7, 11) is 0. The number of para-hydroxylation sites is 1. The number of hydrogen-bond acceptors (Lipinski definition) is 7. The zero-order valence-electron chi connectivity index (χ0n) is 18.2. The maximum atomic E-state index is 13.2. The molecule has 0 unspecified atom stereocenters. The molecule has 0 saturated carbocycles. The van der Waals surface area contributed by atoms with Crippen LogP contribution in [0.5, 0.6) is 0 Å². The van der Waals surface area contributed by atoms with Gasteiger partial charge in [-0.05, 0) is 67.6 Å². The summed E-state index contributed by atoms with van der Waals surface area (Å²) in [5.74, 6) is -0.691. The molecule has 1 amide bonds. The van der Waals surface area contributed by atoms with Gasteiger partial charge in [0.25, 0.3) is 5.91 Å². The quantitative estimate of drug-likeness (QED) is 0.258. The van der Waals surface area contributed by atoms with E-state index in [4.69, 9.17) is 16.3 Å². The van der Waals surface area contributed by atoms with Crippen LogP contribution in [0, 0.1) is 0 Å². The zero-order chi connectivity index (χ0) is 23.9. The number of amides is 1. The minimum atomic E-state index is -0.390. The molecule has 0 radical (unpaired) electrons. The number of rotatable bonds is 7. The van der Waals surface area contributed by atoms with E-state index in [9.17, 15) is 9.59 Å². The predicted octanol–water partition coefficient (Wildman–Crippen LogP) is 5.47. The Bertz CT molecular complexity index is 1230. The second-order valence-corrected chi connectivity index (χ2v) is 8.44. The van der Waals surface area contributed by atoms with E-state index in [1.165, 1.54) is 16.8 Å². The minimum absolute atomic E-state index is 0.222. The smallest absolute Gasteiger partial charge is 0.338 e. The van der Waals surface area contributed by atoms with Gasteiger partial charge in [0.05, 0.1) is 29.2 Å². The SMILES string of the molecule is CCOC(=O)c1ccc(NN=C2C(=O)N(c3ccccc3)N/C2=C\Sc2ccc(Cl)cc2)cc1. The second kappa shape index (κ2) is 10.9. The number of hydrogen-bond donors (Lipinski definition) is 2. The molecular weight excluding hydrogens is 472 g/mol. The third-order valence-corrected chi connectivity index (χ3v) is 5.88. The second-order valence-electron chi connectivity index (χ2n) is 7.06. The molecule has 7 nitrogen and oxygen atoms in total. The van der Waals surface area contributed by atoms with E-state index in [1.807, 2.05) is 60.0 Å². The fraction of sp³-hybridized carbons (Fsp3) is 0.0800. The Kier molecular flexibility index (Phi) is 7.51. The van der Waals surface area contributed by atoms with Crippen molar-refractivity contribution in [1.82, 2.24) is 5.43 Å². The Labute approximate surface area is 206 Å². The zero-order valence-corrected chi connectivity index (χ0v) is 19.8. The number of benzene rings is 3. The number of anilines is 2. The fourth-order valence-electron chi connectivity index (χ4n) is 3.05. The van der Waals surface area contributed by atoms with Crippen molar-refractivity contribution in [2.45, 2.75) is 11.8 Å². The maximum absolute atomic E-state index is 13.2. The Balaban J connectivity index is 1.57. The van der Waals surface area contributed by atoms with Gasteiger partial charge < -0.3 is 4.74 Å². The molecule has 0 bridgehead atoms. The number of carbonyl (C=O) groups is 2. The van der Waals surface area contributed by atoms with Crippen molar-refractivity contribution in [2.24, 2.45) is 5.10 Å². The molecule has 9 heteroatoms. The van der Waals surface area contributed by atoms with Crippen LogP contribution in [0.2, 0.25) is 5.02 Å². The lowest BCUT2D eigenvalue weighted by Gasteiger charge is -2.15. The van der Waals surface area contributed by atoms with Gasteiger partial charge in [0, 0.05) is 15.3 Å². The van der Waals surface area contributed by atoms with Crippen molar-refractivity contribution < 1.29 is 14.3 Å². The van der Waals surface area contributed by atoms with Crippen LogP contribution in [0.4, 0.5) is 11.4 Å². The van der Waals surface area contributed by atoms with E-state index in [1.54, 1.807) is 31.2 Å². The Morgan fingerprint density at radius 2 is 1.79 bits per heavy atom. The number of hydrazone groups is 1. The molecule has 3 aromatic carbocycles. The molecule has 1 heterocycles. The van der Waals surface area contributed by atoms with E-state index >= 15 is 0 Å². The number of thioether (sulfide) groups is 1. The molecule has 0 spiro atoms. The van der Waals surface area contributed by atoms with Gasteiger partial charge in [-0.1, -0.05) is 41.6 Å². The van der Waals surface area contributed by atoms with Crippen LogP contribution in [0.25, 0.3) is 0 Å². The molecule has 172 valence electrons. The van der Waals surface area contributed by atoms with Crippen molar-refractivity contribution in [3.8, 4) is 0 Å². The molecule has 34 heavy (non-hydrogen) atoms. The van der Waals surface area contributed by atoms with Crippen molar-refractivity contribution in [3.63, 3.8) is 0 Å². The van der Waals surface area contributed by atoms with Crippen LogP contribution in [-0.4, -0.2) is 24.2 Å². The van der Waals surface area contributed by atoms with Gasteiger partial charge in [0.2, 0.25) is 0 Å². The lowest BCUT2D eigenvalue weighted by Crippen LogP contribution is -2.34. The lowest BCUT2D eigenvalue weighted by molar-refractivity contribution is -0.112. The first-order chi connectivity index (χ1) is 16.5. The van der Waals surface area contributed by atoms with Gasteiger partial charge in [0.1, 0.15) is 0 Å². The highest BCUT2D eigenvalue weighted by atomic mass is 35.5. The number of halogens is 1. The summed E-state index contributed by atoms with van der Waals surface area (Å²) in [6, 6.07) is 23.3. The van der Waals surface area contributed by atoms with Crippen molar-refractivity contribution >= 4 is 52.3 Å². The number of hydrazine groups is 1. The molecule has 1 aliphatic heterocycles. The Hall–Kier alpha value is -3.75. The summed E-state index contributed by atoms with van der Waals surface area (Å²) in [5.41, 5.74) is 8.55. The highest BCUT2D eigenvalue weighted by molar-refractivity contribution is 8.02. The molecule has 3 aromatic rings. The third-order valence-electron chi connectivity index (χ3n) is 4.73. The van der Waals surface area contributed by atoms with E-state index in [0.29, 0.717) is 34.3 Å². The average Bonchev–Trinajstić information content (AvgIpc) is 3.18. The highest BCUT2D eigenvalue weighted by Gasteiger charge is 2.33. The number of nitrogens with zero attached hydrogens (tertiary/aromatic N) is 2. The molecule has 0 aliphatic carbocycles. The number of nitrogens with one attached hydrogen (secondary N) is 2. The molecule has 0 aromatic heterocycles. The number of ether oxygens (including phenoxy) is 1. The summed E-state index contributed by atoms with van der Waals surface area (Å²) in [5, 5.41) is 8.29. The number of carbonyl (C=O) groups excluding carboxylic acids is 2. The van der Waals surface area contributed by atoms with E-state index in [0.717, 1.165) is 4.90 Å². The minimum Gasteiger partial charge on any atom is -0.462 e. The summed E-state index contributed by atoms with van der Waals surface area (Å²) in [6.07, 6.45) is 0. The van der Waals surface area contributed by atoms with Crippen molar-refractivity contribution in [3.05, 3.63) is 101 Å². The molecule has 2 N–H and O–H groups in total. The maximum Gasteiger partial charge on any atom is 0.338 e. The van der Waals surface area contributed by atoms with Crippen LogP contribution >= 0.6 is 23.4 Å². The van der Waals surface area contributed by atoms with Crippen LogP contribution in [-0.2, 0) is 9.53 Å². The number of esters is 1. The first-order valence-corrected chi connectivity index (χ1v) is 11.7. The van der Waals surface area contributed by atoms with Gasteiger partial charge in [-0.25, -0.2) is 9.80 Å². The first kappa shape index (κ1) is 23.4. The van der Waals surface area contributed by atoms with E-state index < -0.39 is 5.97 Å². The molecule has 1 saturated heterocycles. The van der Waals surface area contributed by atoms with Gasteiger partial charge in [-0.15, -0.1) is 0 Å². The van der Waals surface area contributed by atoms with Crippen LogP contribution < -0.4 is 15.9 Å². The fourth-order valence-corrected chi connectivity index (χ4v) is 3.89.